The number of aromatic nitrogens is 3. The predicted molar refractivity (Wildman–Crippen MR) is 136 cm³/mol. The van der Waals surface area contributed by atoms with Crippen LogP contribution in [0.5, 0.6) is 5.75 Å². The zero-order valence-electron chi connectivity index (χ0n) is 20.2. The fraction of sp³-hybridized carbons (Fsp3) is 0.286. The molecule has 36 heavy (non-hydrogen) atoms. The van der Waals surface area contributed by atoms with Crippen LogP contribution in [-0.2, 0) is 11.4 Å². The van der Waals surface area contributed by atoms with Crippen molar-refractivity contribution in [2.45, 2.75) is 38.3 Å². The molecule has 1 unspecified atom stereocenters. The van der Waals surface area contributed by atoms with Crippen molar-refractivity contribution in [3.8, 4) is 17.3 Å². The summed E-state index contributed by atoms with van der Waals surface area (Å²) in [5.41, 5.74) is 2.56. The lowest BCUT2D eigenvalue weighted by Crippen LogP contribution is -2.45. The molecule has 2 aromatic carbocycles. The van der Waals surface area contributed by atoms with Crippen LogP contribution >= 0.6 is 0 Å². The molecule has 1 atom stereocenters. The third kappa shape index (κ3) is 5.78. The molecule has 0 spiro atoms. The van der Waals surface area contributed by atoms with Crippen LogP contribution in [-0.4, -0.2) is 45.1 Å². The molecule has 8 nitrogen and oxygen atoms in total. The fourth-order valence-electron chi connectivity index (χ4n) is 4.32. The lowest BCUT2D eigenvalue weighted by atomic mass is 9.95. The quantitative estimate of drug-likeness (QED) is 0.380. The Labute approximate surface area is 210 Å². The van der Waals surface area contributed by atoms with Gasteiger partial charge in [-0.15, -0.1) is 0 Å². The highest BCUT2D eigenvalue weighted by Gasteiger charge is 2.30. The first-order chi connectivity index (χ1) is 17.7. The number of carbonyl (C=O) groups excluding carboxylic acids is 1. The molecule has 1 aliphatic heterocycles. The van der Waals surface area contributed by atoms with Gasteiger partial charge >= 0.3 is 0 Å². The largest absolute Gasteiger partial charge is 0.489 e. The molecule has 0 bridgehead atoms. The standard InChI is InChI=1S/C28H29N5O3/c1-20(27(34)30-23-10-12-24(13-11-23)35-19-21-7-3-2-4-8-21)33-17-14-22(15-18-33)28-31-26(32-36-28)25-9-5-6-16-29-25/h2-13,16,20,22H,14-15,17-19H2,1H3,(H,30,34). The molecular formula is C28H29N5O3. The number of piperidine rings is 1. The lowest BCUT2D eigenvalue weighted by molar-refractivity contribution is -0.121. The minimum atomic E-state index is -0.244. The first kappa shape index (κ1) is 23.7. The number of pyridine rings is 1. The van der Waals surface area contributed by atoms with Crippen molar-refractivity contribution in [3.63, 3.8) is 0 Å². The first-order valence-electron chi connectivity index (χ1n) is 12.2. The van der Waals surface area contributed by atoms with Crippen LogP contribution in [0, 0.1) is 0 Å². The van der Waals surface area contributed by atoms with E-state index in [2.05, 4.69) is 25.3 Å². The predicted octanol–water partition coefficient (Wildman–Crippen LogP) is 4.92. The van der Waals surface area contributed by atoms with Crippen LogP contribution in [0.1, 0.15) is 37.1 Å². The van der Waals surface area contributed by atoms with Gasteiger partial charge in [-0.3, -0.25) is 14.7 Å². The van der Waals surface area contributed by atoms with Crippen LogP contribution in [0.25, 0.3) is 11.5 Å². The topological polar surface area (TPSA) is 93.4 Å². The number of hydrogen-bond acceptors (Lipinski definition) is 7. The second-order valence-corrected chi connectivity index (χ2v) is 8.95. The van der Waals surface area contributed by atoms with Crippen molar-refractivity contribution in [2.24, 2.45) is 0 Å². The van der Waals surface area contributed by atoms with Crippen LogP contribution in [0.2, 0.25) is 0 Å². The van der Waals surface area contributed by atoms with Crippen molar-refractivity contribution < 1.29 is 14.1 Å². The Morgan fingerprint density at radius 2 is 1.81 bits per heavy atom. The van der Waals surface area contributed by atoms with Crippen molar-refractivity contribution in [1.29, 1.82) is 0 Å². The molecule has 0 saturated carbocycles. The van der Waals surface area contributed by atoms with Crippen LogP contribution < -0.4 is 10.1 Å². The van der Waals surface area contributed by atoms with Crippen molar-refractivity contribution in [2.75, 3.05) is 18.4 Å². The van der Waals surface area contributed by atoms with E-state index in [1.165, 1.54) is 0 Å². The molecule has 4 aromatic rings. The van der Waals surface area contributed by atoms with E-state index in [4.69, 9.17) is 9.26 Å². The van der Waals surface area contributed by atoms with Crippen LogP contribution in [0.4, 0.5) is 5.69 Å². The van der Waals surface area contributed by atoms with E-state index in [0.717, 1.165) is 42.9 Å². The minimum absolute atomic E-state index is 0.0263. The molecule has 1 aliphatic rings. The number of nitrogens with zero attached hydrogens (tertiary/aromatic N) is 4. The molecule has 1 fully saturated rings. The highest BCUT2D eigenvalue weighted by Crippen LogP contribution is 2.29. The highest BCUT2D eigenvalue weighted by molar-refractivity contribution is 5.94. The van der Waals surface area contributed by atoms with Gasteiger partial charge in [0.05, 0.1) is 6.04 Å². The molecule has 5 rings (SSSR count). The summed E-state index contributed by atoms with van der Waals surface area (Å²) in [5, 5.41) is 7.11. The number of likely N-dealkylation sites (tertiary alicyclic amines) is 1. The molecule has 1 amide bonds. The van der Waals surface area contributed by atoms with Crippen molar-refractivity contribution in [1.82, 2.24) is 20.0 Å². The number of carbonyl (C=O) groups is 1. The fourth-order valence-corrected chi connectivity index (χ4v) is 4.32. The van der Waals surface area contributed by atoms with Gasteiger partial charge < -0.3 is 14.6 Å². The number of hydrogen-bond donors (Lipinski definition) is 1. The molecule has 184 valence electrons. The summed E-state index contributed by atoms with van der Waals surface area (Å²) in [5.74, 6) is 2.07. The maximum atomic E-state index is 12.9. The number of ether oxygens (including phenoxy) is 1. The third-order valence-corrected chi connectivity index (χ3v) is 6.51. The Morgan fingerprint density at radius 3 is 2.53 bits per heavy atom. The maximum absolute atomic E-state index is 12.9. The highest BCUT2D eigenvalue weighted by atomic mass is 16.5. The Balaban J connectivity index is 1.10. The van der Waals surface area contributed by atoms with Gasteiger partial charge in [-0.1, -0.05) is 41.6 Å². The number of benzene rings is 2. The van der Waals surface area contributed by atoms with Gasteiger partial charge in [0, 0.05) is 17.8 Å². The summed E-state index contributed by atoms with van der Waals surface area (Å²) in [6.07, 6.45) is 3.42. The van der Waals surface area contributed by atoms with Gasteiger partial charge in [0.15, 0.2) is 0 Å². The number of nitrogens with one attached hydrogen (secondary N) is 1. The molecule has 3 heterocycles. The SMILES string of the molecule is CC(C(=O)Nc1ccc(OCc2ccccc2)cc1)N1CCC(c2nc(-c3ccccn3)no2)CC1. The van der Waals surface area contributed by atoms with Gasteiger partial charge in [0.2, 0.25) is 17.6 Å². The van der Waals surface area contributed by atoms with Crippen LogP contribution in [0.3, 0.4) is 0 Å². The van der Waals surface area contributed by atoms with Gasteiger partial charge in [0.25, 0.3) is 0 Å². The Kier molecular flexibility index (Phi) is 7.33. The lowest BCUT2D eigenvalue weighted by Gasteiger charge is -2.34. The molecule has 2 aromatic heterocycles. The minimum Gasteiger partial charge on any atom is -0.489 e. The zero-order valence-corrected chi connectivity index (χ0v) is 20.2. The monoisotopic (exact) mass is 483 g/mol. The zero-order chi connectivity index (χ0) is 24.7. The second kappa shape index (κ2) is 11.1. The summed E-state index contributed by atoms with van der Waals surface area (Å²) in [6, 6.07) is 22.9. The van der Waals surface area contributed by atoms with E-state index in [1.807, 2.05) is 79.7 Å². The van der Waals surface area contributed by atoms with Gasteiger partial charge in [0.1, 0.15) is 18.1 Å². The summed E-state index contributed by atoms with van der Waals surface area (Å²) in [4.78, 5) is 23.9. The Morgan fingerprint density at radius 1 is 1.06 bits per heavy atom. The second-order valence-electron chi connectivity index (χ2n) is 8.95. The number of anilines is 1. The Hall–Kier alpha value is -4.04. The van der Waals surface area contributed by atoms with Gasteiger partial charge in [-0.25, -0.2) is 0 Å². The van der Waals surface area contributed by atoms with E-state index in [0.29, 0.717) is 24.0 Å². The normalized spacial score (nSPS) is 15.4. The molecule has 1 saturated heterocycles. The van der Waals surface area contributed by atoms with Gasteiger partial charge in [-0.05, 0) is 74.8 Å². The average Bonchev–Trinajstić information content (AvgIpc) is 3.44. The summed E-state index contributed by atoms with van der Waals surface area (Å²) >= 11 is 0. The molecule has 0 radical (unpaired) electrons. The average molecular weight is 484 g/mol. The maximum Gasteiger partial charge on any atom is 0.241 e. The van der Waals surface area contributed by atoms with Crippen molar-refractivity contribution >= 4 is 11.6 Å². The molecule has 0 aliphatic carbocycles. The smallest absolute Gasteiger partial charge is 0.241 e. The van der Waals surface area contributed by atoms with E-state index in [1.54, 1.807) is 6.20 Å². The van der Waals surface area contributed by atoms with Gasteiger partial charge in [-0.2, -0.15) is 4.98 Å². The summed E-state index contributed by atoms with van der Waals surface area (Å²) < 4.78 is 11.3. The van der Waals surface area contributed by atoms with Crippen LogP contribution in [0.15, 0.2) is 83.5 Å². The number of rotatable bonds is 8. The van der Waals surface area contributed by atoms with E-state index in [-0.39, 0.29) is 17.9 Å². The first-order valence-corrected chi connectivity index (χ1v) is 12.2. The van der Waals surface area contributed by atoms with E-state index in [9.17, 15) is 4.79 Å². The molecular weight excluding hydrogens is 454 g/mol. The summed E-state index contributed by atoms with van der Waals surface area (Å²) in [7, 11) is 0. The molecule has 8 heteroatoms. The summed E-state index contributed by atoms with van der Waals surface area (Å²) in [6.45, 7) is 4.02. The van der Waals surface area contributed by atoms with E-state index >= 15 is 0 Å². The van der Waals surface area contributed by atoms with E-state index < -0.39 is 0 Å². The third-order valence-electron chi connectivity index (χ3n) is 6.51. The Bertz CT molecular complexity index is 1250. The number of amides is 1. The molecule has 1 N–H and O–H groups in total. The van der Waals surface area contributed by atoms with Crippen molar-refractivity contribution in [3.05, 3.63) is 90.4 Å².